The highest BCUT2D eigenvalue weighted by molar-refractivity contribution is 6.30. The normalized spacial score (nSPS) is 10.1. The smallest absolute Gasteiger partial charge is 0.0406 e. The minimum absolute atomic E-state index is 0.831. The molecule has 0 aromatic heterocycles. The van der Waals surface area contributed by atoms with E-state index < -0.39 is 0 Å². The predicted molar refractivity (Wildman–Crippen MR) is 49.9 cm³/mol. The summed E-state index contributed by atoms with van der Waals surface area (Å²) < 4.78 is 0. The summed E-state index contributed by atoms with van der Waals surface area (Å²) in [6.07, 6.45) is 1.21. The molecule has 0 N–H and O–H groups in total. The van der Waals surface area contributed by atoms with Gasteiger partial charge in [-0.1, -0.05) is 29.8 Å². The number of hydrogen-bond donors (Lipinski definition) is 0. The molecule has 0 atom stereocenters. The zero-order valence-corrected chi connectivity index (χ0v) is 8.86. The summed E-state index contributed by atoms with van der Waals surface area (Å²) in [5.41, 5.74) is 1.40. The van der Waals surface area contributed by atoms with Gasteiger partial charge in [-0.15, -0.1) is 0 Å². The molecule has 0 nitrogen and oxygen atoms in total. The standard InChI is InChI=1S/C8H11ClSi/c9-8-3-1-7(2-4-8)5-6-10/h1-4H,5-6H2,10H3. The molecule has 0 heterocycles. The summed E-state index contributed by atoms with van der Waals surface area (Å²) in [7, 11) is 1.29. The highest BCUT2D eigenvalue weighted by atomic mass is 35.5. The lowest BCUT2D eigenvalue weighted by atomic mass is 10.2. The van der Waals surface area contributed by atoms with E-state index in [0.717, 1.165) is 5.02 Å². The average molecular weight is 171 g/mol. The third kappa shape index (κ3) is 2.16. The Morgan fingerprint density at radius 1 is 1.20 bits per heavy atom. The topological polar surface area (TPSA) is 0 Å². The van der Waals surface area contributed by atoms with E-state index in [1.165, 1.54) is 28.3 Å². The Balaban J connectivity index is 2.69. The van der Waals surface area contributed by atoms with Crippen LogP contribution >= 0.6 is 11.6 Å². The van der Waals surface area contributed by atoms with Gasteiger partial charge in [-0.3, -0.25) is 0 Å². The SMILES string of the molecule is [SiH3]CCc1ccc(Cl)cc1. The molecule has 10 heavy (non-hydrogen) atoms. The van der Waals surface area contributed by atoms with Crippen LogP contribution in [-0.2, 0) is 6.42 Å². The number of halogens is 1. The molecular formula is C8H11ClSi. The van der Waals surface area contributed by atoms with Gasteiger partial charge in [-0.05, 0) is 24.1 Å². The maximum absolute atomic E-state index is 5.72. The quantitative estimate of drug-likeness (QED) is 0.593. The monoisotopic (exact) mass is 170 g/mol. The van der Waals surface area contributed by atoms with Crippen LogP contribution in [0.1, 0.15) is 5.56 Å². The minimum atomic E-state index is 0.831. The molecule has 0 aliphatic rings. The molecule has 0 unspecified atom stereocenters. The lowest BCUT2D eigenvalue weighted by molar-refractivity contribution is 1.13. The molecule has 1 rings (SSSR count). The molecule has 0 spiro atoms. The van der Waals surface area contributed by atoms with Gasteiger partial charge in [0.15, 0.2) is 0 Å². The maximum Gasteiger partial charge on any atom is 0.0406 e. The summed E-state index contributed by atoms with van der Waals surface area (Å²) >= 11 is 5.72. The summed E-state index contributed by atoms with van der Waals surface area (Å²) in [4.78, 5) is 0. The highest BCUT2D eigenvalue weighted by Gasteiger charge is 1.89. The average Bonchev–Trinajstić information content (AvgIpc) is 1.95. The Morgan fingerprint density at radius 3 is 2.30 bits per heavy atom. The van der Waals surface area contributed by atoms with Crippen LogP contribution in [-0.4, -0.2) is 10.2 Å². The zero-order chi connectivity index (χ0) is 7.40. The highest BCUT2D eigenvalue weighted by Crippen LogP contribution is 2.10. The summed E-state index contributed by atoms with van der Waals surface area (Å²) in [6.45, 7) is 0. The van der Waals surface area contributed by atoms with Gasteiger partial charge in [0, 0.05) is 15.3 Å². The first-order chi connectivity index (χ1) is 4.83. The summed E-state index contributed by atoms with van der Waals surface area (Å²) in [5, 5.41) is 0.831. The molecule has 0 aliphatic heterocycles. The Kier molecular flexibility index (Phi) is 2.97. The van der Waals surface area contributed by atoms with Crippen molar-refractivity contribution in [3.8, 4) is 0 Å². The Hall–Kier alpha value is -0.273. The molecule has 0 saturated heterocycles. The van der Waals surface area contributed by atoms with E-state index in [0.29, 0.717) is 0 Å². The third-order valence-corrected chi connectivity index (χ3v) is 2.20. The predicted octanol–water partition coefficient (Wildman–Crippen LogP) is 1.67. The Bertz CT molecular complexity index is 193. The molecule has 54 valence electrons. The van der Waals surface area contributed by atoms with Gasteiger partial charge in [0.05, 0.1) is 0 Å². The van der Waals surface area contributed by atoms with Gasteiger partial charge in [-0.2, -0.15) is 0 Å². The maximum atomic E-state index is 5.72. The molecule has 0 radical (unpaired) electrons. The second-order valence-corrected chi connectivity index (χ2v) is 3.81. The van der Waals surface area contributed by atoms with Crippen LogP contribution in [0.2, 0.25) is 11.1 Å². The van der Waals surface area contributed by atoms with Crippen molar-refractivity contribution in [1.82, 2.24) is 0 Å². The number of aryl methyl sites for hydroxylation is 1. The minimum Gasteiger partial charge on any atom is -0.0843 e. The van der Waals surface area contributed by atoms with Crippen LogP contribution in [0.3, 0.4) is 0 Å². The first-order valence-corrected chi connectivity index (χ1v) is 5.36. The lowest BCUT2D eigenvalue weighted by Crippen LogP contribution is -1.81. The van der Waals surface area contributed by atoms with Crippen molar-refractivity contribution in [2.45, 2.75) is 12.5 Å². The fourth-order valence-electron chi connectivity index (χ4n) is 0.940. The number of rotatable bonds is 2. The van der Waals surface area contributed by atoms with Crippen LogP contribution in [0.5, 0.6) is 0 Å². The summed E-state index contributed by atoms with van der Waals surface area (Å²) in [6, 6.07) is 9.43. The first kappa shape index (κ1) is 7.83. The molecule has 0 fully saturated rings. The molecule has 1 aromatic rings. The zero-order valence-electron chi connectivity index (χ0n) is 6.10. The van der Waals surface area contributed by atoms with E-state index in [1.807, 2.05) is 12.1 Å². The molecular weight excluding hydrogens is 160 g/mol. The van der Waals surface area contributed by atoms with Gasteiger partial charge in [0.2, 0.25) is 0 Å². The van der Waals surface area contributed by atoms with Crippen LogP contribution in [0, 0.1) is 0 Å². The van der Waals surface area contributed by atoms with Gasteiger partial charge in [0.25, 0.3) is 0 Å². The molecule has 2 heteroatoms. The van der Waals surface area contributed by atoms with Crippen molar-refractivity contribution in [3.05, 3.63) is 34.9 Å². The molecule has 1 aromatic carbocycles. The van der Waals surface area contributed by atoms with E-state index >= 15 is 0 Å². The van der Waals surface area contributed by atoms with Crippen LogP contribution < -0.4 is 0 Å². The van der Waals surface area contributed by atoms with Crippen molar-refractivity contribution in [1.29, 1.82) is 0 Å². The van der Waals surface area contributed by atoms with Gasteiger partial charge < -0.3 is 0 Å². The molecule has 0 aliphatic carbocycles. The molecule has 0 saturated carbocycles. The van der Waals surface area contributed by atoms with E-state index in [-0.39, 0.29) is 0 Å². The second-order valence-electron chi connectivity index (χ2n) is 2.38. The van der Waals surface area contributed by atoms with E-state index in [9.17, 15) is 0 Å². The van der Waals surface area contributed by atoms with Gasteiger partial charge in [0.1, 0.15) is 0 Å². The van der Waals surface area contributed by atoms with E-state index in [2.05, 4.69) is 12.1 Å². The largest absolute Gasteiger partial charge is 0.0843 e. The fraction of sp³-hybridized carbons (Fsp3) is 0.250. The first-order valence-electron chi connectivity index (χ1n) is 3.57. The van der Waals surface area contributed by atoms with Crippen molar-refractivity contribution >= 4 is 21.8 Å². The van der Waals surface area contributed by atoms with Crippen molar-refractivity contribution in [3.63, 3.8) is 0 Å². The second kappa shape index (κ2) is 3.79. The van der Waals surface area contributed by atoms with Crippen molar-refractivity contribution < 1.29 is 0 Å². The van der Waals surface area contributed by atoms with Crippen molar-refractivity contribution in [2.24, 2.45) is 0 Å². The van der Waals surface area contributed by atoms with E-state index in [4.69, 9.17) is 11.6 Å². The Labute approximate surface area is 69.6 Å². The van der Waals surface area contributed by atoms with Gasteiger partial charge >= 0.3 is 0 Å². The van der Waals surface area contributed by atoms with E-state index in [1.54, 1.807) is 0 Å². The fourth-order valence-corrected chi connectivity index (χ4v) is 1.64. The van der Waals surface area contributed by atoms with Crippen LogP contribution in [0.15, 0.2) is 24.3 Å². The number of hydrogen-bond acceptors (Lipinski definition) is 0. The molecule has 0 amide bonds. The van der Waals surface area contributed by atoms with Gasteiger partial charge in [-0.25, -0.2) is 0 Å². The number of benzene rings is 1. The third-order valence-electron chi connectivity index (χ3n) is 1.45. The molecule has 0 bridgehead atoms. The van der Waals surface area contributed by atoms with Crippen LogP contribution in [0.25, 0.3) is 0 Å². The van der Waals surface area contributed by atoms with Crippen LogP contribution in [0.4, 0.5) is 0 Å². The lowest BCUT2D eigenvalue weighted by Gasteiger charge is -1.96. The Morgan fingerprint density at radius 2 is 1.80 bits per heavy atom. The summed E-state index contributed by atoms with van der Waals surface area (Å²) in [5.74, 6) is 0. The van der Waals surface area contributed by atoms with Crippen molar-refractivity contribution in [2.75, 3.05) is 0 Å².